The number of nitrogens with zero attached hydrogens (tertiary/aromatic N) is 1. The van der Waals surface area contributed by atoms with Gasteiger partial charge in [0.2, 0.25) is 0 Å². The van der Waals surface area contributed by atoms with Crippen molar-refractivity contribution in [3.63, 3.8) is 0 Å². The molecule has 10 rings (SSSR count). The quantitative estimate of drug-likeness (QED) is 0.175. The van der Waals surface area contributed by atoms with E-state index in [9.17, 15) is 0 Å². The third-order valence-corrected chi connectivity index (χ3v) is 10.0. The Morgan fingerprint density at radius 1 is 0.300 bits per heavy atom. The normalized spacial score (nSPS) is 11.6. The first-order chi connectivity index (χ1) is 24.8. The van der Waals surface area contributed by atoms with E-state index in [1.165, 1.54) is 54.6 Å². The minimum atomic E-state index is 0.921. The molecule has 0 bridgehead atoms. The molecule has 0 saturated carbocycles. The van der Waals surface area contributed by atoms with Crippen LogP contribution in [0.5, 0.6) is 0 Å². The minimum absolute atomic E-state index is 0.921. The van der Waals surface area contributed by atoms with Gasteiger partial charge in [-0.1, -0.05) is 121 Å². The van der Waals surface area contributed by atoms with Crippen LogP contribution < -0.4 is 4.90 Å². The van der Waals surface area contributed by atoms with E-state index >= 15 is 0 Å². The zero-order valence-corrected chi connectivity index (χ0v) is 27.3. The predicted molar refractivity (Wildman–Crippen MR) is 212 cm³/mol. The number of anilines is 3. The fourth-order valence-electron chi connectivity index (χ4n) is 7.56. The van der Waals surface area contributed by atoms with Crippen LogP contribution in [-0.4, -0.2) is 0 Å². The molecular formula is C48H31NO. The molecule has 234 valence electrons. The average Bonchev–Trinajstić information content (AvgIpc) is 3.55. The van der Waals surface area contributed by atoms with Gasteiger partial charge in [0.1, 0.15) is 11.2 Å². The van der Waals surface area contributed by atoms with E-state index in [-0.39, 0.29) is 0 Å². The maximum atomic E-state index is 6.20. The fraction of sp³-hybridized carbons (Fsp3) is 0. The van der Waals surface area contributed by atoms with Crippen molar-refractivity contribution in [2.75, 3.05) is 4.90 Å². The first kappa shape index (κ1) is 28.4. The van der Waals surface area contributed by atoms with E-state index in [1.807, 2.05) is 12.1 Å². The molecule has 0 aliphatic heterocycles. The Bertz CT molecular complexity index is 2850. The Kier molecular flexibility index (Phi) is 6.53. The van der Waals surface area contributed by atoms with Gasteiger partial charge in [-0.3, -0.25) is 0 Å². The second-order valence-electron chi connectivity index (χ2n) is 13.0. The number of hydrogen-bond acceptors (Lipinski definition) is 2. The summed E-state index contributed by atoms with van der Waals surface area (Å²) in [5.41, 5.74) is 9.98. The molecular weight excluding hydrogens is 607 g/mol. The van der Waals surface area contributed by atoms with E-state index in [1.54, 1.807) is 0 Å². The summed E-state index contributed by atoms with van der Waals surface area (Å²) in [6, 6.07) is 67.6. The highest BCUT2D eigenvalue weighted by Gasteiger charge is 2.15. The first-order valence-corrected chi connectivity index (χ1v) is 17.1. The molecule has 50 heavy (non-hydrogen) atoms. The average molecular weight is 638 g/mol. The van der Waals surface area contributed by atoms with E-state index in [2.05, 4.69) is 181 Å². The molecule has 2 heteroatoms. The smallest absolute Gasteiger partial charge is 0.136 e. The SMILES string of the molecule is c1ccc(N(c2ccc(-c3ccc4cc5c(cc4c3)oc3ccccc35)cc2)c2ccc(-c3cc4ccccc4c4ccccc34)cc2)cc1. The molecule has 1 heterocycles. The Labute approximate surface area is 290 Å². The van der Waals surface area contributed by atoms with Crippen LogP contribution in [0.3, 0.4) is 0 Å². The monoisotopic (exact) mass is 637 g/mol. The van der Waals surface area contributed by atoms with Crippen LogP contribution in [0.15, 0.2) is 192 Å². The molecule has 2 nitrogen and oxygen atoms in total. The van der Waals surface area contributed by atoms with Crippen LogP contribution in [0.2, 0.25) is 0 Å². The summed E-state index contributed by atoms with van der Waals surface area (Å²) in [5.74, 6) is 0. The number of rotatable bonds is 5. The van der Waals surface area contributed by atoms with E-state index in [0.717, 1.165) is 39.0 Å². The molecule has 9 aromatic carbocycles. The summed E-state index contributed by atoms with van der Waals surface area (Å²) in [4.78, 5) is 2.32. The molecule has 0 fully saturated rings. The number of para-hydroxylation sites is 2. The Morgan fingerprint density at radius 3 is 1.68 bits per heavy atom. The molecule has 0 aliphatic carbocycles. The van der Waals surface area contributed by atoms with Crippen molar-refractivity contribution in [2.45, 2.75) is 0 Å². The van der Waals surface area contributed by atoms with E-state index in [0.29, 0.717) is 0 Å². The fourth-order valence-corrected chi connectivity index (χ4v) is 7.56. The number of hydrogen-bond donors (Lipinski definition) is 0. The molecule has 0 unspecified atom stereocenters. The minimum Gasteiger partial charge on any atom is -0.456 e. The lowest BCUT2D eigenvalue weighted by molar-refractivity contribution is 0.669. The second kappa shape index (κ2) is 11.5. The Hall–Kier alpha value is -6.64. The van der Waals surface area contributed by atoms with Crippen molar-refractivity contribution in [2.24, 2.45) is 0 Å². The lowest BCUT2D eigenvalue weighted by Gasteiger charge is -2.26. The molecule has 0 radical (unpaired) electrons. The van der Waals surface area contributed by atoms with E-state index in [4.69, 9.17) is 4.42 Å². The second-order valence-corrected chi connectivity index (χ2v) is 13.0. The van der Waals surface area contributed by atoms with Crippen LogP contribution in [0.4, 0.5) is 17.1 Å². The van der Waals surface area contributed by atoms with Gasteiger partial charge in [0.15, 0.2) is 0 Å². The highest BCUT2D eigenvalue weighted by atomic mass is 16.3. The molecule has 0 spiro atoms. The molecule has 0 saturated heterocycles. The predicted octanol–water partition coefficient (Wildman–Crippen LogP) is 13.8. The van der Waals surface area contributed by atoms with Gasteiger partial charge in [-0.05, 0) is 121 Å². The molecule has 0 atom stereocenters. The summed E-state index contributed by atoms with van der Waals surface area (Å²) < 4.78 is 6.20. The number of benzene rings is 9. The van der Waals surface area contributed by atoms with Crippen molar-refractivity contribution in [3.8, 4) is 22.3 Å². The van der Waals surface area contributed by atoms with Gasteiger partial charge in [0.25, 0.3) is 0 Å². The van der Waals surface area contributed by atoms with E-state index < -0.39 is 0 Å². The topological polar surface area (TPSA) is 16.4 Å². The van der Waals surface area contributed by atoms with Gasteiger partial charge >= 0.3 is 0 Å². The first-order valence-electron chi connectivity index (χ1n) is 17.1. The molecule has 0 aliphatic rings. The lowest BCUT2D eigenvalue weighted by Crippen LogP contribution is -2.09. The van der Waals surface area contributed by atoms with Crippen molar-refractivity contribution in [1.29, 1.82) is 0 Å². The molecule has 1 aromatic heterocycles. The van der Waals surface area contributed by atoms with Crippen molar-refractivity contribution >= 4 is 71.3 Å². The van der Waals surface area contributed by atoms with Gasteiger partial charge in [0, 0.05) is 27.8 Å². The highest BCUT2D eigenvalue weighted by Crippen LogP contribution is 2.40. The third kappa shape index (κ3) is 4.73. The molecule has 10 aromatic rings. The standard InChI is InChI=1S/C48H31NO/c1-2-11-38(12-3-1)49(40-26-22-33(23-27-40)45-30-36-10-4-5-13-41(36)42-14-6-7-15-43(42)45)39-24-20-32(21-25-39)34-18-19-35-29-46-44-16-8-9-17-47(44)50-48(46)31-37(35)28-34/h1-31H. The van der Waals surface area contributed by atoms with Gasteiger partial charge in [-0.2, -0.15) is 0 Å². The summed E-state index contributed by atoms with van der Waals surface area (Å²) in [6.07, 6.45) is 0. The van der Waals surface area contributed by atoms with Crippen molar-refractivity contribution in [3.05, 3.63) is 188 Å². The summed E-state index contributed by atoms with van der Waals surface area (Å²) >= 11 is 0. The Balaban J connectivity index is 1.01. The summed E-state index contributed by atoms with van der Waals surface area (Å²) in [7, 11) is 0. The van der Waals surface area contributed by atoms with Gasteiger partial charge < -0.3 is 9.32 Å². The zero-order chi connectivity index (χ0) is 33.0. The third-order valence-electron chi connectivity index (χ3n) is 10.0. The van der Waals surface area contributed by atoms with Crippen molar-refractivity contribution in [1.82, 2.24) is 0 Å². The maximum absolute atomic E-state index is 6.20. The zero-order valence-electron chi connectivity index (χ0n) is 27.3. The van der Waals surface area contributed by atoms with Crippen LogP contribution in [-0.2, 0) is 0 Å². The van der Waals surface area contributed by atoms with Gasteiger partial charge in [-0.15, -0.1) is 0 Å². The highest BCUT2D eigenvalue weighted by molar-refractivity contribution is 6.14. The molecule has 0 N–H and O–H groups in total. The summed E-state index contributed by atoms with van der Waals surface area (Å²) in [5, 5.41) is 9.78. The number of fused-ring (bicyclic) bond motifs is 7. The van der Waals surface area contributed by atoms with Crippen LogP contribution in [0.25, 0.3) is 76.5 Å². The largest absolute Gasteiger partial charge is 0.456 e. The summed E-state index contributed by atoms with van der Waals surface area (Å²) in [6.45, 7) is 0. The van der Waals surface area contributed by atoms with Crippen LogP contribution in [0, 0.1) is 0 Å². The van der Waals surface area contributed by atoms with Crippen molar-refractivity contribution < 1.29 is 4.42 Å². The van der Waals surface area contributed by atoms with Gasteiger partial charge in [-0.25, -0.2) is 0 Å². The Morgan fingerprint density at radius 2 is 0.900 bits per heavy atom. The maximum Gasteiger partial charge on any atom is 0.136 e. The molecule has 0 amide bonds. The van der Waals surface area contributed by atoms with Crippen LogP contribution >= 0.6 is 0 Å². The van der Waals surface area contributed by atoms with Crippen LogP contribution in [0.1, 0.15) is 0 Å². The van der Waals surface area contributed by atoms with Gasteiger partial charge in [0.05, 0.1) is 0 Å². The lowest BCUT2D eigenvalue weighted by atomic mass is 9.93. The number of furan rings is 1.